The Balaban J connectivity index is 1.74. The molecular formula is C23H22FN3O4. The van der Waals surface area contributed by atoms with Gasteiger partial charge in [-0.1, -0.05) is 42.0 Å². The second kappa shape index (κ2) is 9.71. The largest absolute Gasteiger partial charge is 0.481 e. The first kappa shape index (κ1) is 21.8. The van der Waals surface area contributed by atoms with Crippen LogP contribution in [0.5, 0.6) is 0 Å². The van der Waals surface area contributed by atoms with Gasteiger partial charge in [0.15, 0.2) is 0 Å². The predicted molar refractivity (Wildman–Crippen MR) is 115 cm³/mol. The SMILES string of the molecule is Cc1ccc([C@H](CC(=O)O)NC(=O)Nc2cccn(Cc3ccc(F)cc3)c2=O)cc1. The molecule has 3 aromatic rings. The number of halogens is 1. The van der Waals surface area contributed by atoms with Crippen molar-refractivity contribution in [2.45, 2.75) is 25.9 Å². The number of carbonyl (C=O) groups is 2. The minimum atomic E-state index is -1.06. The highest BCUT2D eigenvalue weighted by Gasteiger charge is 2.19. The molecule has 7 nitrogen and oxygen atoms in total. The van der Waals surface area contributed by atoms with E-state index in [1.54, 1.807) is 36.5 Å². The molecule has 1 atom stereocenters. The average molecular weight is 423 g/mol. The first-order valence-electron chi connectivity index (χ1n) is 9.61. The van der Waals surface area contributed by atoms with E-state index in [9.17, 15) is 23.9 Å². The molecule has 0 aliphatic carbocycles. The van der Waals surface area contributed by atoms with E-state index < -0.39 is 23.6 Å². The highest BCUT2D eigenvalue weighted by Crippen LogP contribution is 2.18. The molecular weight excluding hydrogens is 401 g/mol. The number of nitrogens with one attached hydrogen (secondary N) is 2. The molecule has 31 heavy (non-hydrogen) atoms. The van der Waals surface area contributed by atoms with Gasteiger partial charge in [-0.25, -0.2) is 9.18 Å². The first-order valence-corrected chi connectivity index (χ1v) is 9.61. The Bertz CT molecular complexity index is 1120. The molecule has 3 rings (SSSR count). The third-order valence-electron chi connectivity index (χ3n) is 4.70. The Labute approximate surface area is 178 Å². The maximum absolute atomic E-state index is 13.1. The van der Waals surface area contributed by atoms with Crippen LogP contribution >= 0.6 is 0 Å². The number of amides is 2. The number of benzene rings is 2. The summed E-state index contributed by atoms with van der Waals surface area (Å²) in [6.45, 7) is 2.11. The molecule has 160 valence electrons. The van der Waals surface area contributed by atoms with E-state index >= 15 is 0 Å². The van der Waals surface area contributed by atoms with Gasteiger partial charge >= 0.3 is 12.0 Å². The number of carbonyl (C=O) groups excluding carboxylic acids is 1. The second-order valence-electron chi connectivity index (χ2n) is 7.14. The van der Waals surface area contributed by atoms with E-state index in [1.807, 2.05) is 19.1 Å². The van der Waals surface area contributed by atoms with Crippen LogP contribution in [0.4, 0.5) is 14.9 Å². The van der Waals surface area contributed by atoms with Crippen molar-refractivity contribution < 1.29 is 19.1 Å². The summed E-state index contributed by atoms with van der Waals surface area (Å²) < 4.78 is 14.5. The molecule has 0 unspecified atom stereocenters. The van der Waals surface area contributed by atoms with Crippen molar-refractivity contribution in [2.75, 3.05) is 5.32 Å². The van der Waals surface area contributed by atoms with Crippen LogP contribution in [0.1, 0.15) is 29.2 Å². The van der Waals surface area contributed by atoms with Gasteiger partial charge in [0.05, 0.1) is 19.0 Å². The molecule has 1 aromatic heterocycles. The maximum Gasteiger partial charge on any atom is 0.319 e. The number of urea groups is 1. The third-order valence-corrected chi connectivity index (χ3v) is 4.70. The van der Waals surface area contributed by atoms with Crippen LogP contribution in [0.25, 0.3) is 0 Å². The third kappa shape index (κ3) is 6.02. The standard InChI is InChI=1S/C23H22FN3O4/c1-15-4-8-17(9-5-15)20(13-21(28)29)26-23(31)25-19-3-2-12-27(22(19)30)14-16-6-10-18(24)11-7-16/h2-12,20H,13-14H2,1H3,(H,28,29)(H2,25,26,31)/t20-/m0/s1. The average Bonchev–Trinajstić information content (AvgIpc) is 2.72. The lowest BCUT2D eigenvalue weighted by molar-refractivity contribution is -0.137. The fourth-order valence-electron chi connectivity index (χ4n) is 3.09. The van der Waals surface area contributed by atoms with Crippen LogP contribution in [-0.2, 0) is 11.3 Å². The van der Waals surface area contributed by atoms with Crippen LogP contribution in [0.3, 0.4) is 0 Å². The van der Waals surface area contributed by atoms with E-state index in [4.69, 9.17) is 0 Å². The zero-order valence-electron chi connectivity index (χ0n) is 16.8. The molecule has 0 bridgehead atoms. The molecule has 0 radical (unpaired) electrons. The summed E-state index contributed by atoms with van der Waals surface area (Å²) in [6, 6.07) is 14.5. The highest BCUT2D eigenvalue weighted by atomic mass is 19.1. The van der Waals surface area contributed by atoms with Crippen LogP contribution in [0.2, 0.25) is 0 Å². The van der Waals surface area contributed by atoms with E-state index in [1.165, 1.54) is 22.8 Å². The van der Waals surface area contributed by atoms with Gasteiger partial charge in [0.25, 0.3) is 5.56 Å². The number of aromatic nitrogens is 1. The van der Waals surface area contributed by atoms with Crippen LogP contribution in [-0.4, -0.2) is 21.7 Å². The number of rotatable bonds is 7. The summed E-state index contributed by atoms with van der Waals surface area (Å²) in [4.78, 5) is 36.4. The minimum absolute atomic E-state index is 0.0418. The summed E-state index contributed by atoms with van der Waals surface area (Å²) >= 11 is 0. The number of pyridine rings is 1. The molecule has 0 aliphatic heterocycles. The molecule has 1 heterocycles. The lowest BCUT2D eigenvalue weighted by atomic mass is 10.0. The van der Waals surface area contributed by atoms with Crippen molar-refractivity contribution in [3.05, 3.63) is 99.7 Å². The normalized spacial score (nSPS) is 11.5. The highest BCUT2D eigenvalue weighted by molar-refractivity contribution is 5.89. The maximum atomic E-state index is 13.1. The van der Waals surface area contributed by atoms with Gasteiger partial charge in [-0.2, -0.15) is 0 Å². The number of hydrogen-bond donors (Lipinski definition) is 3. The Kier molecular flexibility index (Phi) is 6.81. The number of hydrogen-bond acceptors (Lipinski definition) is 3. The van der Waals surface area contributed by atoms with Crippen molar-refractivity contribution in [1.82, 2.24) is 9.88 Å². The Morgan fingerprint density at radius 3 is 2.39 bits per heavy atom. The lowest BCUT2D eigenvalue weighted by Gasteiger charge is -2.18. The fourth-order valence-corrected chi connectivity index (χ4v) is 3.09. The molecule has 8 heteroatoms. The van der Waals surface area contributed by atoms with Crippen LogP contribution in [0, 0.1) is 12.7 Å². The van der Waals surface area contributed by atoms with Crippen molar-refractivity contribution >= 4 is 17.7 Å². The van der Waals surface area contributed by atoms with E-state index in [2.05, 4.69) is 10.6 Å². The molecule has 2 aromatic carbocycles. The van der Waals surface area contributed by atoms with Crippen molar-refractivity contribution in [3.63, 3.8) is 0 Å². The van der Waals surface area contributed by atoms with Gasteiger partial charge in [-0.15, -0.1) is 0 Å². The van der Waals surface area contributed by atoms with Gasteiger partial charge in [-0.3, -0.25) is 9.59 Å². The zero-order valence-corrected chi connectivity index (χ0v) is 16.8. The number of carboxylic acid groups (broad SMARTS) is 1. The summed E-state index contributed by atoms with van der Waals surface area (Å²) in [5, 5.41) is 14.3. The summed E-state index contributed by atoms with van der Waals surface area (Å²) in [7, 11) is 0. The van der Waals surface area contributed by atoms with E-state index in [0.29, 0.717) is 5.56 Å². The van der Waals surface area contributed by atoms with E-state index in [0.717, 1.165) is 11.1 Å². The Hall–Kier alpha value is -3.94. The minimum Gasteiger partial charge on any atom is -0.481 e. The summed E-state index contributed by atoms with van der Waals surface area (Å²) in [5.41, 5.74) is 1.98. The Morgan fingerprint density at radius 1 is 1.06 bits per heavy atom. The molecule has 3 N–H and O–H groups in total. The topological polar surface area (TPSA) is 100 Å². The quantitative estimate of drug-likeness (QED) is 0.540. The monoisotopic (exact) mass is 423 g/mol. The number of anilines is 1. The van der Waals surface area contributed by atoms with Crippen molar-refractivity contribution in [1.29, 1.82) is 0 Å². The number of nitrogens with zero attached hydrogens (tertiary/aromatic N) is 1. The molecule has 0 spiro atoms. The predicted octanol–water partition coefficient (Wildman–Crippen LogP) is 3.68. The summed E-state index contributed by atoms with van der Waals surface area (Å²) in [5.74, 6) is -1.43. The number of aliphatic carboxylic acids is 1. The molecule has 0 saturated heterocycles. The van der Waals surface area contributed by atoms with E-state index in [-0.39, 0.29) is 24.5 Å². The first-order chi connectivity index (χ1) is 14.8. The van der Waals surface area contributed by atoms with Gasteiger partial charge in [-0.05, 0) is 42.3 Å². The molecule has 0 saturated carbocycles. The number of carboxylic acids is 1. The van der Waals surface area contributed by atoms with Gasteiger partial charge < -0.3 is 20.3 Å². The molecule has 2 amide bonds. The fraction of sp³-hybridized carbons (Fsp3) is 0.174. The smallest absolute Gasteiger partial charge is 0.319 e. The van der Waals surface area contributed by atoms with Gasteiger partial charge in [0.1, 0.15) is 11.5 Å². The van der Waals surface area contributed by atoms with Crippen LogP contribution in [0.15, 0.2) is 71.7 Å². The second-order valence-corrected chi connectivity index (χ2v) is 7.14. The van der Waals surface area contributed by atoms with Gasteiger partial charge in [0, 0.05) is 6.20 Å². The lowest BCUT2D eigenvalue weighted by Crippen LogP contribution is -2.36. The van der Waals surface area contributed by atoms with Crippen LogP contribution < -0.4 is 16.2 Å². The van der Waals surface area contributed by atoms with Crippen molar-refractivity contribution in [2.24, 2.45) is 0 Å². The zero-order chi connectivity index (χ0) is 22.4. The van der Waals surface area contributed by atoms with Gasteiger partial charge in [0.2, 0.25) is 0 Å². The molecule has 0 fully saturated rings. The van der Waals surface area contributed by atoms with Crippen molar-refractivity contribution in [3.8, 4) is 0 Å². The Morgan fingerprint density at radius 2 is 1.74 bits per heavy atom. The summed E-state index contributed by atoms with van der Waals surface area (Å²) in [6.07, 6.45) is 1.26. The number of aryl methyl sites for hydroxylation is 1. The molecule has 0 aliphatic rings.